The first kappa shape index (κ1) is 11.1. The molecular formula is C12H15FN2O. The van der Waals surface area contributed by atoms with E-state index in [-0.39, 0.29) is 23.8 Å². The van der Waals surface area contributed by atoms with Gasteiger partial charge in [0.2, 0.25) is 5.91 Å². The van der Waals surface area contributed by atoms with Crippen LogP contribution in [0.5, 0.6) is 0 Å². The minimum Gasteiger partial charge on any atom is -0.307 e. The maximum absolute atomic E-state index is 13.6. The normalized spacial score (nSPS) is 19.9. The molecule has 1 heterocycles. The minimum absolute atomic E-state index is 0.0931. The molecular weight excluding hydrogens is 207 g/mol. The first-order valence-corrected chi connectivity index (χ1v) is 5.29. The van der Waals surface area contributed by atoms with E-state index in [2.05, 4.69) is 5.32 Å². The number of halogens is 1. The van der Waals surface area contributed by atoms with Gasteiger partial charge in [0, 0.05) is 12.1 Å². The van der Waals surface area contributed by atoms with Crippen LogP contribution in [0.25, 0.3) is 0 Å². The van der Waals surface area contributed by atoms with E-state index >= 15 is 0 Å². The molecule has 0 aromatic heterocycles. The third-order valence-corrected chi connectivity index (χ3v) is 2.72. The van der Waals surface area contributed by atoms with Crippen molar-refractivity contribution in [3.05, 3.63) is 30.1 Å². The van der Waals surface area contributed by atoms with Gasteiger partial charge in [0.15, 0.2) is 0 Å². The Bertz CT molecular complexity index is 417. The second-order valence-corrected chi connectivity index (χ2v) is 4.67. The Morgan fingerprint density at radius 1 is 1.38 bits per heavy atom. The quantitative estimate of drug-likeness (QED) is 0.781. The van der Waals surface area contributed by atoms with Gasteiger partial charge in [0.25, 0.3) is 0 Å². The molecule has 0 aliphatic carbocycles. The molecule has 0 radical (unpaired) electrons. The summed E-state index contributed by atoms with van der Waals surface area (Å²) in [6.45, 7) is 4.72. The zero-order valence-electron chi connectivity index (χ0n) is 9.46. The molecule has 86 valence electrons. The zero-order valence-corrected chi connectivity index (χ0v) is 9.46. The zero-order chi connectivity index (χ0) is 11.8. The maximum Gasteiger partial charge on any atom is 0.241 e. The summed E-state index contributed by atoms with van der Waals surface area (Å²) in [6.07, 6.45) is 0. The van der Waals surface area contributed by atoms with E-state index < -0.39 is 0 Å². The first-order chi connectivity index (χ1) is 7.49. The monoisotopic (exact) mass is 222 g/mol. The molecule has 1 aromatic carbocycles. The molecule has 16 heavy (non-hydrogen) atoms. The predicted octanol–water partition coefficient (Wildman–Crippen LogP) is 1.54. The number of carbonyl (C=O) groups is 1. The Balaban J connectivity index is 2.32. The number of piperazine rings is 1. The second kappa shape index (κ2) is 3.87. The van der Waals surface area contributed by atoms with Crippen LogP contribution in [0.1, 0.15) is 13.8 Å². The van der Waals surface area contributed by atoms with Crippen LogP contribution < -0.4 is 10.2 Å². The van der Waals surface area contributed by atoms with Gasteiger partial charge in [-0.1, -0.05) is 12.1 Å². The van der Waals surface area contributed by atoms with Gasteiger partial charge in [0.1, 0.15) is 5.82 Å². The average Bonchev–Trinajstić information content (AvgIpc) is 2.23. The minimum atomic E-state index is -0.353. The molecule has 4 heteroatoms. The van der Waals surface area contributed by atoms with Crippen molar-refractivity contribution in [3.63, 3.8) is 0 Å². The van der Waals surface area contributed by atoms with Gasteiger partial charge in [-0.15, -0.1) is 0 Å². The summed E-state index contributed by atoms with van der Waals surface area (Å²) in [5.41, 5.74) is 0.179. The molecule has 2 rings (SSSR count). The van der Waals surface area contributed by atoms with Crippen molar-refractivity contribution in [1.29, 1.82) is 0 Å². The Morgan fingerprint density at radius 2 is 2.06 bits per heavy atom. The van der Waals surface area contributed by atoms with Crippen LogP contribution >= 0.6 is 0 Å². The van der Waals surface area contributed by atoms with Crippen molar-refractivity contribution in [1.82, 2.24) is 5.32 Å². The molecule has 1 fully saturated rings. The molecule has 3 nitrogen and oxygen atoms in total. The average molecular weight is 222 g/mol. The number of rotatable bonds is 1. The highest BCUT2D eigenvalue weighted by molar-refractivity contribution is 5.96. The number of carbonyl (C=O) groups excluding carboxylic acids is 1. The van der Waals surface area contributed by atoms with Gasteiger partial charge in [-0.2, -0.15) is 0 Å². The number of nitrogens with zero attached hydrogens (tertiary/aromatic N) is 1. The summed E-state index contributed by atoms with van der Waals surface area (Å²) >= 11 is 0. The fraction of sp³-hybridized carbons (Fsp3) is 0.417. The molecule has 0 unspecified atom stereocenters. The van der Waals surface area contributed by atoms with Crippen molar-refractivity contribution >= 4 is 11.6 Å². The molecule has 1 amide bonds. The van der Waals surface area contributed by atoms with E-state index in [0.29, 0.717) is 12.2 Å². The second-order valence-electron chi connectivity index (χ2n) is 4.67. The van der Waals surface area contributed by atoms with E-state index in [4.69, 9.17) is 0 Å². The van der Waals surface area contributed by atoms with Gasteiger partial charge < -0.3 is 10.2 Å². The summed E-state index contributed by atoms with van der Waals surface area (Å²) in [7, 11) is 0. The number of hydrogen-bond donors (Lipinski definition) is 1. The van der Waals surface area contributed by atoms with Crippen molar-refractivity contribution in [2.24, 2.45) is 0 Å². The van der Waals surface area contributed by atoms with E-state index in [9.17, 15) is 9.18 Å². The van der Waals surface area contributed by atoms with Crippen LogP contribution in [-0.2, 0) is 4.79 Å². The third-order valence-electron chi connectivity index (χ3n) is 2.72. The maximum atomic E-state index is 13.6. The van der Waals surface area contributed by atoms with Crippen LogP contribution in [0.4, 0.5) is 10.1 Å². The SMILES string of the molecule is CC1(C)CN(c2ccccc2F)C(=O)CN1. The Morgan fingerprint density at radius 3 is 2.75 bits per heavy atom. The van der Waals surface area contributed by atoms with Gasteiger partial charge in [0.05, 0.1) is 12.2 Å². The summed E-state index contributed by atoms with van der Waals surface area (Å²) in [5.74, 6) is -0.446. The molecule has 1 aromatic rings. The van der Waals surface area contributed by atoms with Gasteiger partial charge in [-0.3, -0.25) is 4.79 Å². The number of anilines is 1. The molecule has 1 aliphatic rings. The van der Waals surface area contributed by atoms with Crippen molar-refractivity contribution in [2.45, 2.75) is 19.4 Å². The smallest absolute Gasteiger partial charge is 0.241 e. The number of nitrogens with one attached hydrogen (secondary N) is 1. The van der Waals surface area contributed by atoms with Crippen LogP contribution in [0.2, 0.25) is 0 Å². The molecule has 1 saturated heterocycles. The topological polar surface area (TPSA) is 32.3 Å². The summed E-state index contributed by atoms with van der Waals surface area (Å²) < 4.78 is 13.6. The fourth-order valence-electron chi connectivity index (χ4n) is 1.84. The standard InChI is InChI=1S/C12H15FN2O/c1-12(2)8-15(11(16)7-14-12)10-6-4-3-5-9(10)13/h3-6,14H,7-8H2,1-2H3. The summed E-state index contributed by atoms with van der Waals surface area (Å²) in [6, 6.07) is 6.36. The van der Waals surface area contributed by atoms with Gasteiger partial charge in [-0.25, -0.2) is 4.39 Å². The van der Waals surface area contributed by atoms with Crippen LogP contribution in [-0.4, -0.2) is 24.5 Å². The fourth-order valence-corrected chi connectivity index (χ4v) is 1.84. The summed E-state index contributed by atoms with van der Waals surface area (Å²) in [4.78, 5) is 13.2. The van der Waals surface area contributed by atoms with Crippen molar-refractivity contribution in [3.8, 4) is 0 Å². The lowest BCUT2D eigenvalue weighted by Gasteiger charge is -2.38. The van der Waals surface area contributed by atoms with Gasteiger partial charge >= 0.3 is 0 Å². The highest BCUT2D eigenvalue weighted by atomic mass is 19.1. The lowest BCUT2D eigenvalue weighted by Crippen LogP contribution is -2.60. The van der Waals surface area contributed by atoms with E-state index in [1.54, 1.807) is 18.2 Å². The number of hydrogen-bond acceptors (Lipinski definition) is 2. The van der Waals surface area contributed by atoms with Crippen molar-refractivity contribution in [2.75, 3.05) is 18.0 Å². The highest BCUT2D eigenvalue weighted by Crippen LogP contribution is 2.23. The van der Waals surface area contributed by atoms with E-state index in [1.165, 1.54) is 11.0 Å². The Kier molecular flexibility index (Phi) is 2.68. The third kappa shape index (κ3) is 2.07. The molecule has 0 saturated carbocycles. The van der Waals surface area contributed by atoms with Crippen LogP contribution in [0.3, 0.4) is 0 Å². The lowest BCUT2D eigenvalue weighted by atomic mass is 10.0. The van der Waals surface area contributed by atoms with E-state index in [1.807, 2.05) is 13.8 Å². The highest BCUT2D eigenvalue weighted by Gasteiger charge is 2.32. The Hall–Kier alpha value is -1.42. The van der Waals surface area contributed by atoms with Crippen molar-refractivity contribution < 1.29 is 9.18 Å². The molecule has 1 aliphatic heterocycles. The first-order valence-electron chi connectivity index (χ1n) is 5.29. The summed E-state index contributed by atoms with van der Waals surface area (Å²) in [5, 5.41) is 3.11. The number of benzene rings is 1. The molecule has 0 atom stereocenters. The Labute approximate surface area is 94.3 Å². The molecule has 0 spiro atoms. The van der Waals surface area contributed by atoms with Crippen LogP contribution in [0, 0.1) is 5.82 Å². The number of amides is 1. The number of para-hydroxylation sites is 1. The molecule has 1 N–H and O–H groups in total. The van der Waals surface area contributed by atoms with Gasteiger partial charge in [-0.05, 0) is 26.0 Å². The molecule has 0 bridgehead atoms. The van der Waals surface area contributed by atoms with Crippen LogP contribution in [0.15, 0.2) is 24.3 Å². The lowest BCUT2D eigenvalue weighted by molar-refractivity contribution is -0.119. The largest absolute Gasteiger partial charge is 0.307 e. The predicted molar refractivity (Wildman–Crippen MR) is 60.8 cm³/mol. The van der Waals surface area contributed by atoms with E-state index in [0.717, 1.165) is 0 Å².